The summed E-state index contributed by atoms with van der Waals surface area (Å²) in [6.07, 6.45) is 8.45. The summed E-state index contributed by atoms with van der Waals surface area (Å²) in [6, 6.07) is 1.41. The molecule has 0 aromatic heterocycles. The second-order valence-corrected chi connectivity index (χ2v) is 8.03. The number of ether oxygens (including phenoxy) is 1. The van der Waals surface area contributed by atoms with Gasteiger partial charge >= 0.3 is 0 Å². The summed E-state index contributed by atoms with van der Waals surface area (Å²) in [7, 11) is 0. The molecular weight excluding hydrogens is 260 g/mol. The molecular formula is C18H34N2O. The Hall–Kier alpha value is -0.120. The first kappa shape index (κ1) is 15.8. The smallest absolute Gasteiger partial charge is 0.0684 e. The van der Waals surface area contributed by atoms with Crippen LogP contribution in [0.4, 0.5) is 0 Å². The zero-order valence-electron chi connectivity index (χ0n) is 14.2. The molecule has 1 N–H and O–H groups in total. The summed E-state index contributed by atoms with van der Waals surface area (Å²) in [5.41, 5.74) is 0.324. The van der Waals surface area contributed by atoms with E-state index < -0.39 is 0 Å². The van der Waals surface area contributed by atoms with E-state index in [9.17, 15) is 0 Å². The normalized spacial score (nSPS) is 37.0. The van der Waals surface area contributed by atoms with Crippen LogP contribution in [-0.2, 0) is 4.74 Å². The molecule has 0 aromatic rings. The van der Waals surface area contributed by atoms with E-state index in [1.165, 1.54) is 58.2 Å². The van der Waals surface area contributed by atoms with E-state index >= 15 is 0 Å². The maximum absolute atomic E-state index is 6.02. The van der Waals surface area contributed by atoms with Crippen molar-refractivity contribution in [2.45, 2.75) is 77.5 Å². The van der Waals surface area contributed by atoms with Crippen molar-refractivity contribution in [3.05, 3.63) is 0 Å². The van der Waals surface area contributed by atoms with E-state index in [1.807, 2.05) is 0 Å². The van der Waals surface area contributed by atoms with Crippen LogP contribution in [0.25, 0.3) is 0 Å². The van der Waals surface area contributed by atoms with Crippen LogP contribution in [0.2, 0.25) is 0 Å². The van der Waals surface area contributed by atoms with E-state index in [0.717, 1.165) is 18.6 Å². The van der Waals surface area contributed by atoms with E-state index in [0.29, 0.717) is 17.6 Å². The molecule has 21 heavy (non-hydrogen) atoms. The molecule has 3 atom stereocenters. The van der Waals surface area contributed by atoms with E-state index in [1.54, 1.807) is 0 Å². The van der Waals surface area contributed by atoms with Gasteiger partial charge in [0.2, 0.25) is 0 Å². The zero-order valence-corrected chi connectivity index (χ0v) is 14.2. The van der Waals surface area contributed by atoms with Crippen molar-refractivity contribution < 1.29 is 4.74 Å². The molecule has 3 heteroatoms. The Bertz CT molecular complexity index is 336. The summed E-state index contributed by atoms with van der Waals surface area (Å²) < 4.78 is 6.02. The highest BCUT2D eigenvalue weighted by molar-refractivity contribution is 5.11. The molecule has 0 bridgehead atoms. The first-order chi connectivity index (χ1) is 10.1. The average Bonchev–Trinajstić information content (AvgIpc) is 2.51. The van der Waals surface area contributed by atoms with Crippen molar-refractivity contribution in [2.24, 2.45) is 11.3 Å². The van der Waals surface area contributed by atoms with Gasteiger partial charge in [-0.05, 0) is 51.7 Å². The highest BCUT2D eigenvalue weighted by Crippen LogP contribution is 2.51. The molecule has 122 valence electrons. The van der Waals surface area contributed by atoms with Crippen LogP contribution in [0.1, 0.15) is 59.3 Å². The van der Waals surface area contributed by atoms with Crippen molar-refractivity contribution in [3.8, 4) is 0 Å². The second kappa shape index (κ2) is 6.55. The highest BCUT2D eigenvalue weighted by atomic mass is 16.5. The Morgan fingerprint density at radius 1 is 1.19 bits per heavy atom. The van der Waals surface area contributed by atoms with Crippen LogP contribution >= 0.6 is 0 Å². The van der Waals surface area contributed by atoms with Gasteiger partial charge in [0, 0.05) is 30.0 Å². The number of rotatable bonds is 5. The van der Waals surface area contributed by atoms with Gasteiger partial charge in [0.15, 0.2) is 0 Å². The monoisotopic (exact) mass is 294 g/mol. The molecule has 0 radical (unpaired) electrons. The van der Waals surface area contributed by atoms with Crippen LogP contribution < -0.4 is 5.32 Å². The van der Waals surface area contributed by atoms with Gasteiger partial charge in [0.25, 0.3) is 0 Å². The van der Waals surface area contributed by atoms with Crippen molar-refractivity contribution in [3.63, 3.8) is 0 Å². The van der Waals surface area contributed by atoms with E-state index in [4.69, 9.17) is 4.74 Å². The fraction of sp³-hybridized carbons (Fsp3) is 1.00. The lowest BCUT2D eigenvalue weighted by Gasteiger charge is -2.61. The zero-order chi connectivity index (χ0) is 14.9. The molecule has 3 rings (SSSR count). The second-order valence-electron chi connectivity index (χ2n) is 8.03. The fourth-order valence-electron chi connectivity index (χ4n) is 4.82. The minimum Gasteiger partial charge on any atom is -0.377 e. The van der Waals surface area contributed by atoms with Gasteiger partial charge in [0.05, 0.1) is 6.10 Å². The van der Waals surface area contributed by atoms with Crippen LogP contribution in [-0.4, -0.2) is 49.3 Å². The summed E-state index contributed by atoms with van der Waals surface area (Å²) in [4.78, 5) is 2.65. The lowest BCUT2D eigenvalue weighted by molar-refractivity contribution is -0.195. The summed E-state index contributed by atoms with van der Waals surface area (Å²) in [6.45, 7) is 11.9. The Morgan fingerprint density at radius 3 is 2.67 bits per heavy atom. The molecule has 0 aromatic carbocycles. The topological polar surface area (TPSA) is 24.5 Å². The summed E-state index contributed by atoms with van der Waals surface area (Å²) >= 11 is 0. The van der Waals surface area contributed by atoms with Crippen LogP contribution in [0.3, 0.4) is 0 Å². The molecule has 0 spiro atoms. The first-order valence-corrected chi connectivity index (χ1v) is 9.23. The van der Waals surface area contributed by atoms with Crippen molar-refractivity contribution in [1.82, 2.24) is 10.2 Å². The molecule has 2 saturated heterocycles. The number of hydrogen-bond acceptors (Lipinski definition) is 3. The molecule has 1 saturated carbocycles. The number of fused-ring (bicyclic) bond motifs is 1. The third kappa shape index (κ3) is 3.16. The minimum atomic E-state index is 0.324. The van der Waals surface area contributed by atoms with Gasteiger partial charge in [-0.1, -0.05) is 27.2 Å². The summed E-state index contributed by atoms with van der Waals surface area (Å²) in [5, 5.41) is 4.01. The quantitative estimate of drug-likeness (QED) is 0.843. The molecule has 2 aliphatic heterocycles. The minimum absolute atomic E-state index is 0.324. The number of nitrogens with one attached hydrogen (secondary N) is 1. The molecule has 0 amide bonds. The number of nitrogens with zero attached hydrogens (tertiary/aromatic N) is 1. The maximum atomic E-state index is 6.02. The molecule has 3 fully saturated rings. The Morgan fingerprint density at radius 2 is 1.95 bits per heavy atom. The molecule has 2 heterocycles. The Labute approximate surface area is 130 Å². The standard InChI is InChI=1S/C18H34N2O/c1-4-5-10-20-11-8-14(9-12-20)19-16-15-7-6-13-21-17(15)18(16,2)3/h14-17,19H,4-13H2,1-3H3. The Balaban J connectivity index is 1.47. The molecule has 3 nitrogen and oxygen atoms in total. The third-order valence-corrected chi connectivity index (χ3v) is 6.16. The predicted octanol–water partition coefficient (Wildman–Crippen LogP) is 3.04. The van der Waals surface area contributed by atoms with E-state index in [2.05, 4.69) is 31.0 Å². The average molecular weight is 294 g/mol. The number of piperidine rings is 1. The number of unbranched alkanes of at least 4 members (excludes halogenated alkanes) is 1. The van der Waals surface area contributed by atoms with Gasteiger partial charge in [-0.2, -0.15) is 0 Å². The third-order valence-electron chi connectivity index (χ3n) is 6.16. The van der Waals surface area contributed by atoms with Crippen molar-refractivity contribution in [2.75, 3.05) is 26.2 Å². The molecule has 1 aliphatic carbocycles. The molecule has 3 unspecified atom stereocenters. The van der Waals surface area contributed by atoms with Gasteiger partial charge < -0.3 is 15.0 Å². The summed E-state index contributed by atoms with van der Waals surface area (Å²) in [5.74, 6) is 0.770. The fourth-order valence-corrected chi connectivity index (χ4v) is 4.82. The van der Waals surface area contributed by atoms with Gasteiger partial charge in [-0.3, -0.25) is 0 Å². The van der Waals surface area contributed by atoms with Crippen LogP contribution in [0, 0.1) is 11.3 Å². The predicted molar refractivity (Wildman–Crippen MR) is 87.5 cm³/mol. The Kier molecular flexibility index (Phi) is 4.92. The lowest BCUT2D eigenvalue weighted by Crippen LogP contribution is -2.71. The van der Waals surface area contributed by atoms with Crippen LogP contribution in [0.15, 0.2) is 0 Å². The SMILES string of the molecule is CCCCN1CCC(NC2C3CCCOC3C2(C)C)CC1. The number of likely N-dealkylation sites (tertiary alicyclic amines) is 1. The molecule has 3 aliphatic rings. The van der Waals surface area contributed by atoms with Crippen molar-refractivity contribution in [1.29, 1.82) is 0 Å². The lowest BCUT2D eigenvalue weighted by atomic mass is 9.55. The maximum Gasteiger partial charge on any atom is 0.0684 e. The van der Waals surface area contributed by atoms with Gasteiger partial charge in [-0.25, -0.2) is 0 Å². The first-order valence-electron chi connectivity index (χ1n) is 9.23. The number of hydrogen-bond donors (Lipinski definition) is 1. The van der Waals surface area contributed by atoms with Gasteiger partial charge in [-0.15, -0.1) is 0 Å². The van der Waals surface area contributed by atoms with Gasteiger partial charge in [0.1, 0.15) is 0 Å². The highest BCUT2D eigenvalue weighted by Gasteiger charge is 2.58. The van der Waals surface area contributed by atoms with E-state index in [-0.39, 0.29) is 0 Å². The van der Waals surface area contributed by atoms with Crippen LogP contribution in [0.5, 0.6) is 0 Å². The van der Waals surface area contributed by atoms with Crippen molar-refractivity contribution >= 4 is 0 Å². The largest absolute Gasteiger partial charge is 0.377 e.